The van der Waals surface area contributed by atoms with Crippen molar-refractivity contribution in [1.29, 1.82) is 0 Å². The molecule has 84 valence electrons. The van der Waals surface area contributed by atoms with Gasteiger partial charge in [0, 0.05) is 17.9 Å². The van der Waals surface area contributed by atoms with Crippen LogP contribution >= 0.6 is 11.8 Å². The lowest BCUT2D eigenvalue weighted by Gasteiger charge is -2.17. The maximum absolute atomic E-state index is 5.63. The molecule has 4 heteroatoms. The van der Waals surface area contributed by atoms with E-state index in [9.17, 15) is 0 Å². The number of nitrogens with one attached hydrogen (secondary N) is 1. The SMILES string of the molecule is c1ccc2c(c1)OCC2NC1=NCCCS1. The summed E-state index contributed by atoms with van der Waals surface area (Å²) in [6.07, 6.45) is 1.19. The van der Waals surface area contributed by atoms with Crippen molar-refractivity contribution in [2.75, 3.05) is 18.9 Å². The van der Waals surface area contributed by atoms with E-state index >= 15 is 0 Å². The van der Waals surface area contributed by atoms with E-state index in [0.29, 0.717) is 6.61 Å². The molecule has 0 spiro atoms. The molecule has 1 aromatic carbocycles. The number of fused-ring (bicyclic) bond motifs is 1. The standard InChI is InChI=1S/C12H14N2OS/c1-2-5-11-9(4-1)10(8-15-11)14-12-13-6-3-7-16-12/h1-2,4-5,10H,3,6-8H2,(H,13,14). The fourth-order valence-corrected chi connectivity index (χ4v) is 2.85. The van der Waals surface area contributed by atoms with Crippen LogP contribution in [0, 0.1) is 0 Å². The van der Waals surface area contributed by atoms with Crippen LogP contribution in [-0.4, -0.2) is 24.1 Å². The van der Waals surface area contributed by atoms with Crippen molar-refractivity contribution in [2.45, 2.75) is 12.5 Å². The molecule has 1 unspecified atom stereocenters. The average molecular weight is 234 g/mol. The first kappa shape index (κ1) is 10.0. The van der Waals surface area contributed by atoms with Crippen molar-refractivity contribution >= 4 is 16.9 Å². The molecule has 2 heterocycles. The van der Waals surface area contributed by atoms with Crippen molar-refractivity contribution in [3.63, 3.8) is 0 Å². The number of amidine groups is 1. The third-order valence-corrected chi connectivity index (χ3v) is 3.81. The highest BCUT2D eigenvalue weighted by atomic mass is 32.2. The first-order chi connectivity index (χ1) is 7.93. The minimum absolute atomic E-state index is 0.264. The van der Waals surface area contributed by atoms with Crippen LogP contribution in [0.5, 0.6) is 5.75 Å². The van der Waals surface area contributed by atoms with Gasteiger partial charge in [-0.25, -0.2) is 0 Å². The minimum Gasteiger partial charge on any atom is -0.491 e. The van der Waals surface area contributed by atoms with Crippen LogP contribution in [0.3, 0.4) is 0 Å². The van der Waals surface area contributed by atoms with Gasteiger partial charge < -0.3 is 10.1 Å². The number of hydrogen-bond acceptors (Lipinski definition) is 4. The van der Waals surface area contributed by atoms with Gasteiger partial charge in [0.15, 0.2) is 5.17 Å². The van der Waals surface area contributed by atoms with Gasteiger partial charge in [0.05, 0.1) is 6.04 Å². The molecular formula is C12H14N2OS. The molecule has 0 amide bonds. The van der Waals surface area contributed by atoms with E-state index in [0.717, 1.165) is 17.5 Å². The molecule has 0 aliphatic carbocycles. The van der Waals surface area contributed by atoms with Gasteiger partial charge in [-0.05, 0) is 12.5 Å². The highest BCUT2D eigenvalue weighted by molar-refractivity contribution is 8.13. The Morgan fingerprint density at radius 1 is 1.38 bits per heavy atom. The topological polar surface area (TPSA) is 33.6 Å². The van der Waals surface area contributed by atoms with Crippen LogP contribution in [-0.2, 0) is 0 Å². The summed E-state index contributed by atoms with van der Waals surface area (Å²) in [6.45, 7) is 1.66. The lowest BCUT2D eigenvalue weighted by Crippen LogP contribution is -2.29. The normalized spacial score (nSPS) is 23.2. The third kappa shape index (κ3) is 1.89. The fraction of sp³-hybridized carbons (Fsp3) is 0.417. The molecule has 1 aromatic rings. The first-order valence-electron chi connectivity index (χ1n) is 5.59. The molecule has 0 bridgehead atoms. The average Bonchev–Trinajstić information content (AvgIpc) is 2.74. The fourth-order valence-electron chi connectivity index (χ4n) is 1.98. The van der Waals surface area contributed by atoms with Crippen molar-refractivity contribution in [1.82, 2.24) is 5.32 Å². The van der Waals surface area contributed by atoms with E-state index in [1.54, 1.807) is 0 Å². The Hall–Kier alpha value is -1.16. The maximum atomic E-state index is 5.63. The smallest absolute Gasteiger partial charge is 0.157 e. The Balaban J connectivity index is 1.75. The minimum atomic E-state index is 0.264. The lowest BCUT2D eigenvalue weighted by molar-refractivity contribution is 0.325. The molecule has 0 aromatic heterocycles. The quantitative estimate of drug-likeness (QED) is 0.808. The predicted octanol–water partition coefficient (Wildman–Crippen LogP) is 2.20. The second-order valence-corrected chi connectivity index (χ2v) is 5.02. The number of thioether (sulfide) groups is 1. The van der Waals surface area contributed by atoms with E-state index in [1.165, 1.54) is 17.7 Å². The lowest BCUT2D eigenvalue weighted by atomic mass is 10.1. The van der Waals surface area contributed by atoms with Gasteiger partial charge in [0.1, 0.15) is 12.4 Å². The van der Waals surface area contributed by atoms with Crippen molar-refractivity contribution in [3.8, 4) is 5.75 Å². The van der Waals surface area contributed by atoms with Crippen LogP contribution in [0.1, 0.15) is 18.0 Å². The van der Waals surface area contributed by atoms with Gasteiger partial charge in [-0.3, -0.25) is 4.99 Å². The summed E-state index contributed by atoms with van der Waals surface area (Å²) in [5.74, 6) is 2.17. The molecule has 0 saturated carbocycles. The number of rotatable bonds is 1. The zero-order valence-electron chi connectivity index (χ0n) is 8.98. The monoisotopic (exact) mass is 234 g/mol. The number of para-hydroxylation sites is 1. The third-order valence-electron chi connectivity index (χ3n) is 2.79. The van der Waals surface area contributed by atoms with Crippen LogP contribution in [0.2, 0.25) is 0 Å². The Morgan fingerprint density at radius 2 is 2.31 bits per heavy atom. The summed E-state index contributed by atoms with van der Waals surface area (Å²) in [7, 11) is 0. The first-order valence-corrected chi connectivity index (χ1v) is 6.57. The molecule has 3 nitrogen and oxygen atoms in total. The van der Waals surface area contributed by atoms with E-state index in [4.69, 9.17) is 4.74 Å². The van der Waals surface area contributed by atoms with Crippen LogP contribution in [0.25, 0.3) is 0 Å². The number of benzene rings is 1. The number of aliphatic imine (C=N–C) groups is 1. The number of nitrogens with zero attached hydrogens (tertiary/aromatic N) is 1. The molecule has 0 radical (unpaired) electrons. The Morgan fingerprint density at radius 3 is 3.19 bits per heavy atom. The zero-order valence-corrected chi connectivity index (χ0v) is 9.80. The summed E-state index contributed by atoms with van der Waals surface area (Å²) in [5.41, 5.74) is 1.25. The maximum Gasteiger partial charge on any atom is 0.157 e. The number of hydrogen-bond donors (Lipinski definition) is 1. The molecule has 2 aliphatic heterocycles. The Labute approximate surface area is 99.3 Å². The Bertz CT molecular complexity index is 419. The summed E-state index contributed by atoms with van der Waals surface area (Å²) in [6, 6.07) is 8.47. The zero-order chi connectivity index (χ0) is 10.8. The highest BCUT2D eigenvalue weighted by Crippen LogP contribution is 2.32. The van der Waals surface area contributed by atoms with Crippen LogP contribution < -0.4 is 10.1 Å². The molecule has 3 rings (SSSR count). The Kier molecular flexibility index (Phi) is 2.74. The second kappa shape index (κ2) is 4.37. The van der Waals surface area contributed by atoms with Gasteiger partial charge in [-0.2, -0.15) is 0 Å². The van der Waals surface area contributed by atoms with Crippen molar-refractivity contribution in [3.05, 3.63) is 29.8 Å². The largest absolute Gasteiger partial charge is 0.491 e. The highest BCUT2D eigenvalue weighted by Gasteiger charge is 2.24. The van der Waals surface area contributed by atoms with Gasteiger partial charge in [-0.1, -0.05) is 30.0 Å². The molecule has 16 heavy (non-hydrogen) atoms. The van der Waals surface area contributed by atoms with E-state index < -0.39 is 0 Å². The van der Waals surface area contributed by atoms with Gasteiger partial charge in [0.25, 0.3) is 0 Å². The van der Waals surface area contributed by atoms with Gasteiger partial charge in [-0.15, -0.1) is 0 Å². The number of ether oxygens (including phenoxy) is 1. The summed E-state index contributed by atoms with van der Waals surface area (Å²) in [4.78, 5) is 4.48. The van der Waals surface area contributed by atoms with E-state index in [2.05, 4.69) is 22.4 Å². The van der Waals surface area contributed by atoms with Crippen LogP contribution in [0.15, 0.2) is 29.3 Å². The molecule has 0 saturated heterocycles. The molecule has 1 N–H and O–H groups in total. The van der Waals surface area contributed by atoms with E-state index in [-0.39, 0.29) is 6.04 Å². The predicted molar refractivity (Wildman–Crippen MR) is 67.2 cm³/mol. The molecule has 1 atom stereocenters. The summed E-state index contributed by atoms with van der Waals surface area (Å²) < 4.78 is 5.63. The van der Waals surface area contributed by atoms with Crippen molar-refractivity contribution in [2.24, 2.45) is 4.99 Å². The molecule has 2 aliphatic rings. The van der Waals surface area contributed by atoms with Crippen LogP contribution in [0.4, 0.5) is 0 Å². The second-order valence-electron chi connectivity index (χ2n) is 3.93. The van der Waals surface area contributed by atoms with E-state index in [1.807, 2.05) is 23.9 Å². The molecule has 0 fully saturated rings. The summed E-state index contributed by atoms with van der Waals surface area (Å²) in [5, 5.41) is 4.53. The molecular weight excluding hydrogens is 220 g/mol. The van der Waals surface area contributed by atoms with Gasteiger partial charge >= 0.3 is 0 Å². The summed E-state index contributed by atoms with van der Waals surface area (Å²) >= 11 is 1.81. The van der Waals surface area contributed by atoms with Gasteiger partial charge in [0.2, 0.25) is 0 Å². The van der Waals surface area contributed by atoms with Crippen molar-refractivity contribution < 1.29 is 4.74 Å².